The number of hydrogen-bond acceptors (Lipinski definition) is 2. The summed E-state index contributed by atoms with van der Waals surface area (Å²) in [6, 6.07) is 8.21. The molecule has 2 N–H and O–H groups in total. The first kappa shape index (κ1) is 15.7. The Morgan fingerprint density at radius 2 is 1.86 bits per heavy atom. The molecule has 0 bridgehead atoms. The van der Waals surface area contributed by atoms with Gasteiger partial charge in [-0.1, -0.05) is 11.6 Å². The van der Waals surface area contributed by atoms with Gasteiger partial charge in [0.1, 0.15) is 5.82 Å². The Morgan fingerprint density at radius 3 is 2.48 bits per heavy atom. The van der Waals surface area contributed by atoms with Crippen LogP contribution in [0.4, 0.5) is 10.1 Å². The van der Waals surface area contributed by atoms with Gasteiger partial charge >= 0.3 is 5.97 Å². The lowest BCUT2D eigenvalue weighted by Crippen LogP contribution is -2.14. The molecule has 21 heavy (non-hydrogen) atoms. The van der Waals surface area contributed by atoms with Crippen LogP contribution in [-0.2, 0) is 0 Å². The van der Waals surface area contributed by atoms with E-state index in [0.717, 1.165) is 12.1 Å². The molecule has 0 spiro atoms. The normalized spacial score (nSPS) is 10.2. The number of carbonyl (C=O) groups excluding carboxylic acids is 1. The Kier molecular flexibility index (Phi) is 4.79. The monoisotopic (exact) mass is 419 g/mol. The molecule has 7 heteroatoms. The largest absolute Gasteiger partial charge is 0.478 e. The van der Waals surface area contributed by atoms with Gasteiger partial charge in [-0.3, -0.25) is 4.79 Å². The van der Waals surface area contributed by atoms with Crippen LogP contribution in [0.3, 0.4) is 0 Å². The number of carbonyl (C=O) groups is 2. The summed E-state index contributed by atoms with van der Waals surface area (Å²) in [7, 11) is 0. The average molecular weight is 420 g/mol. The first-order valence-electron chi connectivity index (χ1n) is 5.67. The van der Waals surface area contributed by atoms with E-state index in [-0.39, 0.29) is 5.69 Å². The Morgan fingerprint density at radius 1 is 1.14 bits per heavy atom. The molecule has 1 amide bonds. The van der Waals surface area contributed by atoms with E-state index >= 15 is 0 Å². The molecule has 0 saturated carbocycles. The quantitative estimate of drug-likeness (QED) is 0.738. The summed E-state index contributed by atoms with van der Waals surface area (Å²) in [5, 5.41) is 11.6. The van der Waals surface area contributed by atoms with Crippen LogP contribution < -0.4 is 5.32 Å². The molecule has 0 aliphatic heterocycles. The van der Waals surface area contributed by atoms with Gasteiger partial charge in [0.05, 0.1) is 11.1 Å². The third-order valence-corrected chi connectivity index (χ3v) is 3.81. The number of hydrogen-bond donors (Lipinski definition) is 2. The maximum Gasteiger partial charge on any atom is 0.338 e. The van der Waals surface area contributed by atoms with Crippen molar-refractivity contribution in [3.63, 3.8) is 0 Å². The van der Waals surface area contributed by atoms with Crippen molar-refractivity contribution in [1.29, 1.82) is 0 Å². The van der Waals surface area contributed by atoms with Crippen LogP contribution in [0.1, 0.15) is 20.7 Å². The summed E-state index contributed by atoms with van der Waals surface area (Å²) in [4.78, 5) is 22.8. The van der Waals surface area contributed by atoms with E-state index in [4.69, 9.17) is 16.7 Å². The molecule has 4 nitrogen and oxygen atoms in total. The van der Waals surface area contributed by atoms with Gasteiger partial charge in [-0.15, -0.1) is 0 Å². The number of aromatic carboxylic acids is 1. The summed E-state index contributed by atoms with van der Waals surface area (Å²) in [6.07, 6.45) is 0. The van der Waals surface area contributed by atoms with Crippen LogP contribution in [0, 0.1) is 9.39 Å². The minimum Gasteiger partial charge on any atom is -0.478 e. The fourth-order valence-electron chi connectivity index (χ4n) is 1.64. The molecule has 0 aliphatic carbocycles. The van der Waals surface area contributed by atoms with Crippen LogP contribution in [0.5, 0.6) is 0 Å². The Labute approximate surface area is 138 Å². The van der Waals surface area contributed by atoms with E-state index in [1.807, 2.05) is 22.6 Å². The second-order valence-corrected chi connectivity index (χ2v) is 5.68. The molecule has 0 saturated heterocycles. The lowest BCUT2D eigenvalue weighted by atomic mass is 10.1. The van der Waals surface area contributed by atoms with E-state index in [2.05, 4.69) is 5.32 Å². The van der Waals surface area contributed by atoms with Gasteiger partial charge in [0.25, 0.3) is 5.91 Å². The SMILES string of the molecule is O=C(O)c1ccc(NC(=O)c2cc(Cl)ccc2I)cc1F. The van der Waals surface area contributed by atoms with E-state index in [1.54, 1.807) is 12.1 Å². The van der Waals surface area contributed by atoms with Crippen LogP contribution in [0.2, 0.25) is 5.02 Å². The molecule has 0 fully saturated rings. The van der Waals surface area contributed by atoms with Crippen molar-refractivity contribution in [3.05, 3.63) is 61.9 Å². The molecular formula is C14H8ClFINO3. The molecule has 0 radical (unpaired) electrons. The van der Waals surface area contributed by atoms with Crippen LogP contribution >= 0.6 is 34.2 Å². The maximum absolute atomic E-state index is 13.5. The highest BCUT2D eigenvalue weighted by molar-refractivity contribution is 14.1. The Hall–Kier alpha value is -1.67. The number of nitrogens with one attached hydrogen (secondary N) is 1. The van der Waals surface area contributed by atoms with Crippen molar-refractivity contribution in [2.24, 2.45) is 0 Å². The fourth-order valence-corrected chi connectivity index (χ4v) is 2.39. The van der Waals surface area contributed by atoms with E-state index in [1.165, 1.54) is 12.1 Å². The molecule has 0 atom stereocenters. The van der Waals surface area contributed by atoms with Crippen molar-refractivity contribution >= 4 is 51.8 Å². The molecule has 0 aromatic heterocycles. The summed E-state index contributed by atoms with van der Waals surface area (Å²) < 4.78 is 14.2. The average Bonchev–Trinajstić information content (AvgIpc) is 2.41. The van der Waals surface area contributed by atoms with E-state index in [9.17, 15) is 14.0 Å². The summed E-state index contributed by atoms with van der Waals surface area (Å²) in [5.41, 5.74) is 0.0643. The number of rotatable bonds is 3. The smallest absolute Gasteiger partial charge is 0.338 e. The minimum absolute atomic E-state index is 0.165. The van der Waals surface area contributed by atoms with Crippen LogP contribution in [0.15, 0.2) is 36.4 Å². The zero-order valence-corrected chi connectivity index (χ0v) is 13.3. The topological polar surface area (TPSA) is 66.4 Å². The number of amides is 1. The van der Waals surface area contributed by atoms with Gasteiger partial charge < -0.3 is 10.4 Å². The molecule has 0 unspecified atom stereocenters. The molecule has 0 aliphatic rings. The zero-order chi connectivity index (χ0) is 15.6. The second kappa shape index (κ2) is 6.40. The molecule has 2 aromatic carbocycles. The Balaban J connectivity index is 2.26. The van der Waals surface area contributed by atoms with Crippen molar-refractivity contribution in [2.45, 2.75) is 0 Å². The third kappa shape index (κ3) is 3.70. The van der Waals surface area contributed by atoms with Gasteiger partial charge in [0, 0.05) is 14.3 Å². The van der Waals surface area contributed by atoms with Crippen LogP contribution in [-0.4, -0.2) is 17.0 Å². The number of anilines is 1. The maximum atomic E-state index is 13.5. The van der Waals surface area contributed by atoms with Crippen molar-refractivity contribution in [2.75, 3.05) is 5.32 Å². The molecule has 108 valence electrons. The highest BCUT2D eigenvalue weighted by atomic mass is 127. The van der Waals surface area contributed by atoms with Crippen molar-refractivity contribution in [1.82, 2.24) is 0 Å². The minimum atomic E-state index is -1.37. The van der Waals surface area contributed by atoms with Gasteiger partial charge in [-0.25, -0.2) is 9.18 Å². The summed E-state index contributed by atoms with van der Waals surface area (Å²) in [5.74, 6) is -2.74. The fraction of sp³-hybridized carbons (Fsp3) is 0. The van der Waals surface area contributed by atoms with Gasteiger partial charge in [0.2, 0.25) is 0 Å². The number of halogens is 3. The van der Waals surface area contributed by atoms with Crippen molar-refractivity contribution in [3.8, 4) is 0 Å². The predicted molar refractivity (Wildman–Crippen MR) is 85.5 cm³/mol. The van der Waals surface area contributed by atoms with Gasteiger partial charge in [-0.05, 0) is 59.0 Å². The predicted octanol–water partition coefficient (Wildman–Crippen LogP) is 4.03. The van der Waals surface area contributed by atoms with E-state index in [0.29, 0.717) is 14.2 Å². The molecule has 2 rings (SSSR count). The number of benzene rings is 2. The highest BCUT2D eigenvalue weighted by Crippen LogP contribution is 2.20. The highest BCUT2D eigenvalue weighted by Gasteiger charge is 2.14. The first-order valence-corrected chi connectivity index (χ1v) is 7.13. The second-order valence-electron chi connectivity index (χ2n) is 4.08. The molecular weight excluding hydrogens is 412 g/mol. The lowest BCUT2D eigenvalue weighted by molar-refractivity contribution is 0.0692. The van der Waals surface area contributed by atoms with E-state index < -0.39 is 23.3 Å². The van der Waals surface area contributed by atoms with Gasteiger partial charge in [-0.2, -0.15) is 0 Å². The standard InChI is InChI=1S/C14H8ClFINO3/c15-7-1-4-12(17)10(5-7)13(19)18-8-2-3-9(14(20)21)11(16)6-8/h1-6H,(H,18,19)(H,20,21). The molecule has 0 heterocycles. The van der Waals surface area contributed by atoms with Crippen molar-refractivity contribution < 1.29 is 19.1 Å². The van der Waals surface area contributed by atoms with Crippen LogP contribution in [0.25, 0.3) is 0 Å². The zero-order valence-electron chi connectivity index (χ0n) is 10.4. The van der Waals surface area contributed by atoms with Gasteiger partial charge in [0.15, 0.2) is 0 Å². The number of carboxylic acid groups (broad SMARTS) is 1. The number of carboxylic acids is 1. The summed E-state index contributed by atoms with van der Waals surface area (Å²) in [6.45, 7) is 0. The lowest BCUT2D eigenvalue weighted by Gasteiger charge is -2.08. The third-order valence-electron chi connectivity index (χ3n) is 2.63. The molecule has 2 aromatic rings. The first-order chi connectivity index (χ1) is 9.88. The Bertz CT molecular complexity index is 736. The summed E-state index contributed by atoms with van der Waals surface area (Å²) >= 11 is 7.82.